The van der Waals surface area contributed by atoms with Crippen LogP contribution in [0.4, 0.5) is 0 Å². The highest BCUT2D eigenvalue weighted by molar-refractivity contribution is 5.51. The molecular weight excluding hydrogens is 298 g/mol. The average molecular weight is 315 g/mol. The van der Waals surface area contributed by atoms with Crippen LogP contribution in [0, 0.1) is 0 Å². The standard InChI is InChI=1S/C15H17N5O3/c1-20(8-12-16-14(10-21-2)23-19-12)9-13-17-18-15(22-13)11-6-4-3-5-7-11/h3-7H,8-10H2,1-2H3. The Hall–Kier alpha value is -2.58. The van der Waals surface area contributed by atoms with Crippen LogP contribution in [0.5, 0.6) is 0 Å². The van der Waals surface area contributed by atoms with Gasteiger partial charge in [-0.2, -0.15) is 4.98 Å². The summed E-state index contributed by atoms with van der Waals surface area (Å²) in [5.74, 6) is 2.09. The van der Waals surface area contributed by atoms with Crippen LogP contribution >= 0.6 is 0 Å². The summed E-state index contributed by atoms with van der Waals surface area (Å²) in [5, 5.41) is 12.0. The second-order valence-corrected chi connectivity index (χ2v) is 5.08. The van der Waals surface area contributed by atoms with Crippen LogP contribution in [0.25, 0.3) is 11.5 Å². The van der Waals surface area contributed by atoms with Crippen molar-refractivity contribution in [2.24, 2.45) is 0 Å². The van der Waals surface area contributed by atoms with Gasteiger partial charge in [0.05, 0.1) is 13.1 Å². The van der Waals surface area contributed by atoms with Gasteiger partial charge < -0.3 is 13.7 Å². The number of methoxy groups -OCH3 is 1. The molecule has 3 aromatic rings. The van der Waals surface area contributed by atoms with Crippen molar-refractivity contribution in [2.45, 2.75) is 19.7 Å². The number of rotatable bonds is 7. The summed E-state index contributed by atoms with van der Waals surface area (Å²) >= 11 is 0. The molecule has 2 aromatic heterocycles. The maximum atomic E-state index is 5.67. The molecule has 0 radical (unpaired) electrons. The lowest BCUT2D eigenvalue weighted by atomic mass is 10.2. The number of ether oxygens (including phenoxy) is 1. The van der Waals surface area contributed by atoms with Crippen molar-refractivity contribution in [1.82, 2.24) is 25.2 Å². The molecule has 0 aliphatic heterocycles. The zero-order valence-electron chi connectivity index (χ0n) is 13.0. The SMILES string of the molecule is COCc1nc(CN(C)Cc2nnc(-c3ccccc3)o2)no1. The molecule has 0 bridgehead atoms. The molecule has 0 fully saturated rings. The lowest BCUT2D eigenvalue weighted by Crippen LogP contribution is -2.18. The highest BCUT2D eigenvalue weighted by atomic mass is 16.5. The van der Waals surface area contributed by atoms with E-state index in [1.165, 1.54) is 0 Å². The second kappa shape index (κ2) is 7.12. The Morgan fingerprint density at radius 1 is 1.09 bits per heavy atom. The Balaban J connectivity index is 1.59. The lowest BCUT2D eigenvalue weighted by Gasteiger charge is -2.10. The molecule has 0 atom stereocenters. The molecule has 8 nitrogen and oxygen atoms in total. The first kappa shape index (κ1) is 15.3. The first-order valence-electron chi connectivity index (χ1n) is 7.11. The molecule has 1 aromatic carbocycles. The van der Waals surface area contributed by atoms with E-state index >= 15 is 0 Å². The quantitative estimate of drug-likeness (QED) is 0.653. The minimum atomic E-state index is 0.306. The van der Waals surface area contributed by atoms with Gasteiger partial charge in [0.2, 0.25) is 11.8 Å². The van der Waals surface area contributed by atoms with Gasteiger partial charge in [-0.05, 0) is 19.2 Å². The summed E-state index contributed by atoms with van der Waals surface area (Å²) in [5.41, 5.74) is 0.899. The van der Waals surface area contributed by atoms with Gasteiger partial charge in [-0.1, -0.05) is 23.4 Å². The van der Waals surface area contributed by atoms with E-state index in [4.69, 9.17) is 13.7 Å². The molecule has 3 rings (SSSR count). The fraction of sp³-hybridized carbons (Fsp3) is 0.333. The van der Waals surface area contributed by atoms with E-state index in [2.05, 4.69) is 20.3 Å². The normalized spacial score (nSPS) is 11.3. The van der Waals surface area contributed by atoms with E-state index in [-0.39, 0.29) is 0 Å². The van der Waals surface area contributed by atoms with Crippen LogP contribution in [0.2, 0.25) is 0 Å². The van der Waals surface area contributed by atoms with Crippen molar-refractivity contribution < 1.29 is 13.7 Å². The predicted octanol–water partition coefficient (Wildman–Crippen LogP) is 1.90. The first-order chi connectivity index (χ1) is 11.2. The van der Waals surface area contributed by atoms with Crippen molar-refractivity contribution in [3.63, 3.8) is 0 Å². The zero-order chi connectivity index (χ0) is 16.1. The van der Waals surface area contributed by atoms with Crippen LogP contribution in [0.1, 0.15) is 17.6 Å². The maximum Gasteiger partial charge on any atom is 0.252 e. The number of aromatic nitrogens is 4. The van der Waals surface area contributed by atoms with Crippen molar-refractivity contribution in [3.05, 3.63) is 47.9 Å². The fourth-order valence-corrected chi connectivity index (χ4v) is 2.08. The second-order valence-electron chi connectivity index (χ2n) is 5.08. The molecule has 2 heterocycles. The molecule has 0 saturated heterocycles. The highest BCUT2D eigenvalue weighted by Gasteiger charge is 2.13. The van der Waals surface area contributed by atoms with Crippen LogP contribution in [-0.4, -0.2) is 39.4 Å². The van der Waals surface area contributed by atoms with Gasteiger partial charge in [0, 0.05) is 12.7 Å². The number of nitrogens with zero attached hydrogens (tertiary/aromatic N) is 5. The highest BCUT2D eigenvalue weighted by Crippen LogP contribution is 2.17. The Morgan fingerprint density at radius 3 is 2.70 bits per heavy atom. The minimum absolute atomic E-state index is 0.306. The van der Waals surface area contributed by atoms with Gasteiger partial charge >= 0.3 is 0 Å². The summed E-state index contributed by atoms with van der Waals surface area (Å²) in [6, 6.07) is 9.66. The van der Waals surface area contributed by atoms with Crippen molar-refractivity contribution >= 4 is 0 Å². The number of hydrogen-bond acceptors (Lipinski definition) is 8. The molecular formula is C15H17N5O3. The van der Waals surface area contributed by atoms with Gasteiger partial charge in [0.25, 0.3) is 5.89 Å². The Labute approximate surface area is 133 Å². The van der Waals surface area contributed by atoms with E-state index in [0.717, 1.165) is 5.56 Å². The molecule has 0 amide bonds. The third-order valence-electron chi connectivity index (χ3n) is 3.08. The molecule has 8 heteroatoms. The molecule has 0 unspecified atom stereocenters. The molecule has 0 N–H and O–H groups in total. The van der Waals surface area contributed by atoms with Crippen molar-refractivity contribution in [1.29, 1.82) is 0 Å². The third-order valence-corrected chi connectivity index (χ3v) is 3.08. The summed E-state index contributed by atoms with van der Waals surface area (Å²) < 4.78 is 15.7. The van der Waals surface area contributed by atoms with Crippen molar-refractivity contribution in [2.75, 3.05) is 14.2 Å². The van der Waals surface area contributed by atoms with E-state index in [1.807, 2.05) is 42.3 Å². The van der Waals surface area contributed by atoms with Crippen molar-refractivity contribution in [3.8, 4) is 11.5 Å². The van der Waals surface area contributed by atoms with E-state index in [0.29, 0.717) is 43.2 Å². The Bertz CT molecular complexity index is 740. The lowest BCUT2D eigenvalue weighted by molar-refractivity contribution is 0.151. The van der Waals surface area contributed by atoms with Crippen LogP contribution in [-0.2, 0) is 24.4 Å². The first-order valence-corrected chi connectivity index (χ1v) is 7.11. The average Bonchev–Trinajstić information content (AvgIpc) is 3.18. The Kier molecular flexibility index (Phi) is 4.74. The van der Waals surface area contributed by atoms with Gasteiger partial charge in [-0.25, -0.2) is 0 Å². The molecule has 0 aliphatic carbocycles. The predicted molar refractivity (Wildman–Crippen MR) is 79.9 cm³/mol. The fourth-order valence-electron chi connectivity index (χ4n) is 2.08. The molecule has 0 aliphatic rings. The maximum absolute atomic E-state index is 5.67. The van der Waals surface area contributed by atoms with Gasteiger partial charge in [0.15, 0.2) is 5.82 Å². The van der Waals surface area contributed by atoms with Crippen LogP contribution in [0.15, 0.2) is 39.3 Å². The van der Waals surface area contributed by atoms with Gasteiger partial charge in [-0.3, -0.25) is 4.90 Å². The molecule has 0 saturated carbocycles. The minimum Gasteiger partial charge on any atom is -0.419 e. The summed E-state index contributed by atoms with van der Waals surface area (Å²) in [4.78, 5) is 6.19. The topological polar surface area (TPSA) is 90.3 Å². The number of hydrogen-bond donors (Lipinski definition) is 0. The van der Waals surface area contributed by atoms with E-state index in [9.17, 15) is 0 Å². The monoisotopic (exact) mass is 315 g/mol. The smallest absolute Gasteiger partial charge is 0.252 e. The zero-order valence-corrected chi connectivity index (χ0v) is 13.0. The van der Waals surface area contributed by atoms with Crippen LogP contribution < -0.4 is 0 Å². The summed E-state index contributed by atoms with van der Waals surface area (Å²) in [6.07, 6.45) is 0. The number of benzene rings is 1. The van der Waals surface area contributed by atoms with E-state index in [1.54, 1.807) is 7.11 Å². The Morgan fingerprint density at radius 2 is 1.91 bits per heavy atom. The molecule has 0 spiro atoms. The van der Waals surface area contributed by atoms with E-state index < -0.39 is 0 Å². The molecule has 23 heavy (non-hydrogen) atoms. The largest absolute Gasteiger partial charge is 0.419 e. The van der Waals surface area contributed by atoms with Crippen LogP contribution in [0.3, 0.4) is 0 Å². The van der Waals surface area contributed by atoms with Gasteiger partial charge in [-0.15, -0.1) is 10.2 Å². The summed E-state index contributed by atoms with van der Waals surface area (Å²) in [7, 11) is 3.49. The molecule has 120 valence electrons. The third kappa shape index (κ3) is 3.99. The van der Waals surface area contributed by atoms with Gasteiger partial charge in [0.1, 0.15) is 6.61 Å². The summed E-state index contributed by atoms with van der Waals surface area (Å²) in [6.45, 7) is 1.31.